The van der Waals surface area contributed by atoms with Gasteiger partial charge < -0.3 is 14.8 Å². The first-order valence-corrected chi connectivity index (χ1v) is 15.8. The van der Waals surface area contributed by atoms with Crippen molar-refractivity contribution in [3.05, 3.63) is 126 Å². The van der Waals surface area contributed by atoms with Crippen LogP contribution < -0.4 is 20.2 Å². The molecule has 0 saturated carbocycles. The van der Waals surface area contributed by atoms with Crippen LogP contribution in [0.25, 0.3) is 0 Å². The van der Waals surface area contributed by atoms with Crippen molar-refractivity contribution in [2.75, 3.05) is 26.8 Å². The minimum atomic E-state index is -3.98. The van der Waals surface area contributed by atoms with Gasteiger partial charge in [-0.3, -0.25) is 9.59 Å². The lowest BCUT2D eigenvalue weighted by Crippen LogP contribution is -2.40. The number of hydrogen-bond acceptors (Lipinski definition) is 7. The molecule has 0 spiro atoms. The standard InChI is InChI=1S/C34H36N4O6S/c1-26(29-11-7-4-8-12-29)36-34(40)25-44-31-15-13-28(14-16-31)23-35-37-33(39)24-38(22-21-27-9-5-3-6-10-27)45(41,42)32-19-17-30(43-2)18-20-32/h3-20,23,26H,21-22,24-25H2,1-2H3,(H,36,40)(H,37,39)/b35-23-/t26-/m0/s1. The number of hydrogen-bond donors (Lipinski definition) is 2. The average molecular weight is 629 g/mol. The molecule has 4 aromatic rings. The molecule has 1 atom stereocenters. The summed E-state index contributed by atoms with van der Waals surface area (Å²) in [6.45, 7) is 1.44. The van der Waals surface area contributed by atoms with E-state index in [-0.39, 0.29) is 30.0 Å². The second-order valence-corrected chi connectivity index (χ2v) is 12.0. The van der Waals surface area contributed by atoms with Crippen LogP contribution in [0.5, 0.6) is 11.5 Å². The molecule has 0 saturated heterocycles. The molecule has 4 rings (SSSR count). The van der Waals surface area contributed by atoms with Crippen molar-refractivity contribution in [1.29, 1.82) is 0 Å². The highest BCUT2D eigenvalue weighted by Crippen LogP contribution is 2.20. The molecule has 234 valence electrons. The summed E-state index contributed by atoms with van der Waals surface area (Å²) in [4.78, 5) is 25.1. The van der Waals surface area contributed by atoms with Crippen molar-refractivity contribution in [2.45, 2.75) is 24.3 Å². The monoisotopic (exact) mass is 628 g/mol. The van der Waals surface area contributed by atoms with Crippen LogP contribution in [0.4, 0.5) is 0 Å². The Balaban J connectivity index is 1.31. The third-order valence-electron chi connectivity index (χ3n) is 6.84. The van der Waals surface area contributed by atoms with Gasteiger partial charge in [0.2, 0.25) is 10.0 Å². The second kappa shape index (κ2) is 16.2. The molecule has 0 unspecified atom stereocenters. The van der Waals surface area contributed by atoms with E-state index in [1.54, 1.807) is 36.4 Å². The van der Waals surface area contributed by atoms with Gasteiger partial charge in [-0.2, -0.15) is 9.41 Å². The van der Waals surface area contributed by atoms with E-state index in [4.69, 9.17) is 9.47 Å². The Bertz CT molecular complexity index is 1660. The van der Waals surface area contributed by atoms with E-state index in [0.29, 0.717) is 23.5 Å². The Kier molecular flexibility index (Phi) is 11.8. The molecule has 2 N–H and O–H groups in total. The fraction of sp³-hybridized carbons (Fsp3) is 0.206. The normalized spacial score (nSPS) is 12.1. The SMILES string of the molecule is COc1ccc(S(=O)(=O)N(CCc2ccccc2)CC(=O)N/N=C\c2ccc(OCC(=O)N[C@@H](C)c3ccccc3)cc2)cc1. The quantitative estimate of drug-likeness (QED) is 0.149. The molecule has 0 aliphatic carbocycles. The summed E-state index contributed by atoms with van der Waals surface area (Å²) < 4.78 is 38.8. The van der Waals surface area contributed by atoms with E-state index in [0.717, 1.165) is 15.4 Å². The summed E-state index contributed by atoms with van der Waals surface area (Å²) >= 11 is 0. The molecule has 4 aromatic carbocycles. The molecule has 0 aliphatic rings. The molecular formula is C34H36N4O6S. The van der Waals surface area contributed by atoms with Gasteiger partial charge in [0.05, 0.1) is 30.8 Å². The number of nitrogens with one attached hydrogen (secondary N) is 2. The maximum atomic E-state index is 13.5. The number of rotatable bonds is 15. The van der Waals surface area contributed by atoms with Crippen LogP contribution in [0.1, 0.15) is 29.7 Å². The van der Waals surface area contributed by atoms with Crippen LogP contribution in [0.3, 0.4) is 0 Å². The lowest BCUT2D eigenvalue weighted by atomic mass is 10.1. The predicted molar refractivity (Wildman–Crippen MR) is 173 cm³/mol. The smallest absolute Gasteiger partial charge is 0.258 e. The van der Waals surface area contributed by atoms with Gasteiger partial charge >= 0.3 is 0 Å². The average Bonchev–Trinajstić information content (AvgIpc) is 3.07. The summed E-state index contributed by atoms with van der Waals surface area (Å²) in [5.74, 6) is 0.186. The number of carbonyl (C=O) groups is 2. The summed E-state index contributed by atoms with van der Waals surface area (Å²) in [6.07, 6.45) is 1.86. The number of nitrogens with zero attached hydrogens (tertiary/aromatic N) is 2. The molecule has 2 amide bonds. The molecular weight excluding hydrogens is 592 g/mol. The van der Waals surface area contributed by atoms with Crippen LogP contribution >= 0.6 is 0 Å². The van der Waals surface area contributed by atoms with Crippen molar-refractivity contribution in [3.8, 4) is 11.5 Å². The van der Waals surface area contributed by atoms with Gasteiger partial charge in [-0.25, -0.2) is 13.8 Å². The Labute approximate surface area is 263 Å². The number of sulfonamides is 1. The second-order valence-electron chi connectivity index (χ2n) is 10.1. The van der Waals surface area contributed by atoms with Crippen LogP contribution in [0, 0.1) is 0 Å². The van der Waals surface area contributed by atoms with Crippen molar-refractivity contribution < 1.29 is 27.5 Å². The maximum Gasteiger partial charge on any atom is 0.258 e. The van der Waals surface area contributed by atoms with Gasteiger partial charge in [-0.1, -0.05) is 60.7 Å². The number of ether oxygens (including phenoxy) is 2. The van der Waals surface area contributed by atoms with Crippen LogP contribution in [-0.2, 0) is 26.0 Å². The molecule has 45 heavy (non-hydrogen) atoms. The van der Waals surface area contributed by atoms with Gasteiger partial charge in [-0.05, 0) is 78.6 Å². The highest BCUT2D eigenvalue weighted by atomic mass is 32.2. The maximum absolute atomic E-state index is 13.5. The summed E-state index contributed by atoms with van der Waals surface area (Å²) in [5, 5.41) is 6.89. The zero-order chi connectivity index (χ0) is 32.1. The van der Waals surface area contributed by atoms with Crippen molar-refractivity contribution >= 4 is 28.1 Å². The summed E-state index contributed by atoms with van der Waals surface area (Å²) in [7, 11) is -2.49. The number of hydrazone groups is 1. The first-order valence-electron chi connectivity index (χ1n) is 14.3. The van der Waals surface area contributed by atoms with Crippen molar-refractivity contribution in [2.24, 2.45) is 5.10 Å². The lowest BCUT2D eigenvalue weighted by molar-refractivity contribution is -0.124. The molecule has 0 aliphatic heterocycles. The van der Waals surface area contributed by atoms with Gasteiger partial charge in [-0.15, -0.1) is 0 Å². The fourth-order valence-corrected chi connectivity index (χ4v) is 5.76. The number of amides is 2. The largest absolute Gasteiger partial charge is 0.497 e. The topological polar surface area (TPSA) is 126 Å². The molecule has 0 bridgehead atoms. The molecule has 11 heteroatoms. The third-order valence-corrected chi connectivity index (χ3v) is 8.70. The van der Waals surface area contributed by atoms with Gasteiger partial charge in [0.1, 0.15) is 11.5 Å². The zero-order valence-electron chi connectivity index (χ0n) is 25.1. The Morgan fingerprint density at radius 2 is 1.47 bits per heavy atom. The number of carbonyl (C=O) groups excluding carboxylic acids is 2. The number of methoxy groups -OCH3 is 1. The highest BCUT2D eigenvalue weighted by molar-refractivity contribution is 7.89. The highest BCUT2D eigenvalue weighted by Gasteiger charge is 2.26. The Hall–Kier alpha value is -5.00. The minimum absolute atomic E-state index is 0.0539. The molecule has 0 aromatic heterocycles. The Morgan fingerprint density at radius 1 is 0.844 bits per heavy atom. The van der Waals surface area contributed by atoms with Crippen molar-refractivity contribution in [1.82, 2.24) is 15.0 Å². The molecule has 0 fully saturated rings. The third kappa shape index (κ3) is 10.0. The van der Waals surface area contributed by atoms with Crippen LogP contribution in [-0.4, -0.2) is 57.6 Å². The van der Waals surface area contributed by atoms with Crippen LogP contribution in [0.15, 0.2) is 119 Å². The van der Waals surface area contributed by atoms with E-state index in [1.165, 1.54) is 25.5 Å². The van der Waals surface area contributed by atoms with E-state index >= 15 is 0 Å². The number of benzene rings is 4. The van der Waals surface area contributed by atoms with Gasteiger partial charge in [0, 0.05) is 6.54 Å². The zero-order valence-corrected chi connectivity index (χ0v) is 25.9. The van der Waals surface area contributed by atoms with Crippen molar-refractivity contribution in [3.63, 3.8) is 0 Å². The van der Waals surface area contributed by atoms with E-state index in [1.807, 2.05) is 67.6 Å². The molecule has 0 radical (unpaired) electrons. The Morgan fingerprint density at radius 3 is 2.11 bits per heavy atom. The van der Waals surface area contributed by atoms with Crippen LogP contribution in [0.2, 0.25) is 0 Å². The van der Waals surface area contributed by atoms with Gasteiger partial charge in [0.25, 0.3) is 11.8 Å². The van der Waals surface area contributed by atoms with E-state index in [2.05, 4.69) is 15.8 Å². The van der Waals surface area contributed by atoms with E-state index < -0.39 is 22.5 Å². The first-order chi connectivity index (χ1) is 21.7. The molecule has 10 nitrogen and oxygen atoms in total. The molecule has 0 heterocycles. The fourth-order valence-electron chi connectivity index (χ4n) is 4.36. The van der Waals surface area contributed by atoms with Gasteiger partial charge in [0.15, 0.2) is 6.61 Å². The predicted octanol–water partition coefficient (Wildman–Crippen LogP) is 4.34. The first kappa shape index (κ1) is 32.9. The summed E-state index contributed by atoms with van der Waals surface area (Å²) in [6, 6.07) is 31.8. The lowest BCUT2D eigenvalue weighted by Gasteiger charge is -2.21. The summed E-state index contributed by atoms with van der Waals surface area (Å²) in [5.41, 5.74) is 5.02. The minimum Gasteiger partial charge on any atom is -0.497 e. The van der Waals surface area contributed by atoms with E-state index in [9.17, 15) is 18.0 Å².